The third-order valence-corrected chi connectivity index (χ3v) is 3.65. The fourth-order valence-electron chi connectivity index (χ4n) is 2.52. The number of imidazole rings is 1. The van der Waals surface area contributed by atoms with Crippen LogP contribution in [0.1, 0.15) is 17.4 Å². The van der Waals surface area contributed by atoms with Crippen LogP contribution in [0.2, 0.25) is 0 Å². The molecule has 2 amide bonds. The highest BCUT2D eigenvalue weighted by molar-refractivity contribution is 5.75. The largest absolute Gasteiger partial charge is 0.497 e. The summed E-state index contributed by atoms with van der Waals surface area (Å²) in [6.45, 7) is 0. The molecule has 0 saturated carbocycles. The molecule has 6 nitrogen and oxygen atoms in total. The number of urea groups is 1. The lowest BCUT2D eigenvalue weighted by Gasteiger charge is -2.15. The van der Waals surface area contributed by atoms with Crippen LogP contribution in [0.4, 0.5) is 4.79 Å². The lowest BCUT2D eigenvalue weighted by atomic mass is 10.1. The summed E-state index contributed by atoms with van der Waals surface area (Å²) in [6.07, 6.45) is 0.576. The Balaban J connectivity index is 1.88. The summed E-state index contributed by atoms with van der Waals surface area (Å²) in [5, 5.41) is 2.75. The van der Waals surface area contributed by atoms with E-state index in [0.29, 0.717) is 12.2 Å². The van der Waals surface area contributed by atoms with E-state index in [-0.39, 0.29) is 6.04 Å². The third-order valence-electron chi connectivity index (χ3n) is 3.65. The zero-order valence-corrected chi connectivity index (χ0v) is 12.7. The molecule has 3 rings (SSSR count). The van der Waals surface area contributed by atoms with Gasteiger partial charge in [0.15, 0.2) is 0 Å². The Bertz CT molecular complexity index is 778. The molecule has 23 heavy (non-hydrogen) atoms. The Morgan fingerprint density at radius 3 is 2.65 bits per heavy atom. The van der Waals surface area contributed by atoms with Gasteiger partial charge in [-0.3, -0.25) is 0 Å². The number of nitrogens with one attached hydrogen (secondary N) is 2. The number of para-hydroxylation sites is 2. The zero-order chi connectivity index (χ0) is 16.2. The van der Waals surface area contributed by atoms with Crippen LogP contribution < -0.4 is 15.8 Å². The maximum Gasteiger partial charge on any atom is 0.312 e. The summed E-state index contributed by atoms with van der Waals surface area (Å²) in [7, 11) is 1.63. The van der Waals surface area contributed by atoms with E-state index in [1.165, 1.54) is 0 Å². The van der Waals surface area contributed by atoms with E-state index in [4.69, 9.17) is 10.5 Å². The first kappa shape index (κ1) is 14.9. The second-order valence-corrected chi connectivity index (χ2v) is 5.25. The fourth-order valence-corrected chi connectivity index (χ4v) is 2.52. The predicted molar refractivity (Wildman–Crippen MR) is 88.3 cm³/mol. The number of aromatic amines is 1. The first-order valence-electron chi connectivity index (χ1n) is 7.29. The average Bonchev–Trinajstić information content (AvgIpc) is 2.98. The van der Waals surface area contributed by atoms with E-state index in [9.17, 15) is 4.79 Å². The number of ether oxygens (including phenoxy) is 1. The summed E-state index contributed by atoms with van der Waals surface area (Å²) in [6, 6.07) is 14.5. The van der Waals surface area contributed by atoms with Crippen molar-refractivity contribution in [3.63, 3.8) is 0 Å². The Hall–Kier alpha value is -3.02. The zero-order valence-electron chi connectivity index (χ0n) is 12.7. The van der Waals surface area contributed by atoms with Gasteiger partial charge in [-0.05, 0) is 36.2 Å². The van der Waals surface area contributed by atoms with Crippen molar-refractivity contribution in [2.24, 2.45) is 5.73 Å². The molecule has 3 aromatic rings. The van der Waals surface area contributed by atoms with E-state index in [1.54, 1.807) is 7.11 Å². The number of benzene rings is 2. The molecule has 4 N–H and O–H groups in total. The SMILES string of the molecule is COc1ccc(C[C@@H](NC(N)=O)c2nc3ccccc3[nH]2)cc1. The van der Waals surface area contributed by atoms with Gasteiger partial charge >= 0.3 is 6.03 Å². The second-order valence-electron chi connectivity index (χ2n) is 5.25. The average molecular weight is 310 g/mol. The van der Waals surface area contributed by atoms with Gasteiger partial charge in [-0.15, -0.1) is 0 Å². The number of amides is 2. The molecule has 0 aliphatic carbocycles. The maximum atomic E-state index is 11.3. The number of aromatic nitrogens is 2. The Morgan fingerprint density at radius 1 is 1.26 bits per heavy atom. The van der Waals surface area contributed by atoms with Crippen molar-refractivity contribution in [2.45, 2.75) is 12.5 Å². The van der Waals surface area contributed by atoms with E-state index < -0.39 is 6.03 Å². The molecule has 0 spiro atoms. The van der Waals surface area contributed by atoms with Crippen LogP contribution in [0.5, 0.6) is 5.75 Å². The predicted octanol–water partition coefficient (Wildman–Crippen LogP) is 2.52. The molecule has 118 valence electrons. The number of methoxy groups -OCH3 is 1. The smallest absolute Gasteiger partial charge is 0.312 e. The van der Waals surface area contributed by atoms with E-state index in [2.05, 4.69) is 15.3 Å². The molecule has 0 radical (unpaired) electrons. The van der Waals surface area contributed by atoms with Gasteiger partial charge < -0.3 is 20.8 Å². The minimum Gasteiger partial charge on any atom is -0.497 e. The van der Waals surface area contributed by atoms with Gasteiger partial charge in [0.05, 0.1) is 24.2 Å². The summed E-state index contributed by atoms with van der Waals surface area (Å²) in [4.78, 5) is 19.1. The molecular formula is C17H18N4O2. The molecule has 0 fully saturated rings. The van der Waals surface area contributed by atoms with Crippen molar-refractivity contribution >= 4 is 17.1 Å². The number of nitrogens with zero attached hydrogens (tertiary/aromatic N) is 1. The summed E-state index contributed by atoms with van der Waals surface area (Å²) >= 11 is 0. The van der Waals surface area contributed by atoms with Gasteiger partial charge in [-0.25, -0.2) is 9.78 Å². The van der Waals surface area contributed by atoms with Crippen molar-refractivity contribution in [3.8, 4) is 5.75 Å². The maximum absolute atomic E-state index is 11.3. The van der Waals surface area contributed by atoms with Gasteiger partial charge in [0, 0.05) is 0 Å². The van der Waals surface area contributed by atoms with Crippen LogP contribution in [0, 0.1) is 0 Å². The topological polar surface area (TPSA) is 93.0 Å². The van der Waals surface area contributed by atoms with E-state index >= 15 is 0 Å². The summed E-state index contributed by atoms with van der Waals surface area (Å²) < 4.78 is 5.15. The van der Waals surface area contributed by atoms with Crippen molar-refractivity contribution in [3.05, 3.63) is 59.9 Å². The van der Waals surface area contributed by atoms with Crippen LogP contribution in [0.3, 0.4) is 0 Å². The molecule has 1 atom stereocenters. The van der Waals surface area contributed by atoms with Gasteiger partial charge in [0.2, 0.25) is 0 Å². The number of H-pyrrole nitrogens is 1. The molecule has 0 aliphatic heterocycles. The Kier molecular flexibility index (Phi) is 4.14. The molecule has 0 bridgehead atoms. The molecule has 1 heterocycles. The Labute approximate surface area is 133 Å². The van der Waals surface area contributed by atoms with Crippen molar-refractivity contribution < 1.29 is 9.53 Å². The third kappa shape index (κ3) is 3.42. The number of primary amides is 1. The molecule has 1 aromatic heterocycles. The normalized spacial score (nSPS) is 12.0. The van der Waals surface area contributed by atoms with Crippen molar-refractivity contribution in [1.82, 2.24) is 15.3 Å². The molecule has 6 heteroatoms. The number of carbonyl (C=O) groups excluding carboxylic acids is 1. The number of fused-ring (bicyclic) bond motifs is 1. The van der Waals surface area contributed by atoms with Gasteiger partial charge in [-0.1, -0.05) is 24.3 Å². The first-order valence-corrected chi connectivity index (χ1v) is 7.29. The highest BCUT2D eigenvalue weighted by Crippen LogP contribution is 2.21. The van der Waals surface area contributed by atoms with E-state index in [0.717, 1.165) is 22.3 Å². The Morgan fingerprint density at radius 2 is 2.00 bits per heavy atom. The highest BCUT2D eigenvalue weighted by atomic mass is 16.5. The van der Waals surface area contributed by atoms with Crippen molar-refractivity contribution in [2.75, 3.05) is 7.11 Å². The summed E-state index contributed by atoms with van der Waals surface area (Å²) in [5.74, 6) is 1.47. The molecule has 2 aromatic carbocycles. The molecule has 0 aliphatic rings. The van der Waals surface area contributed by atoms with Gasteiger partial charge in [0.25, 0.3) is 0 Å². The van der Waals surface area contributed by atoms with Crippen LogP contribution in [-0.2, 0) is 6.42 Å². The fraction of sp³-hybridized carbons (Fsp3) is 0.176. The minimum absolute atomic E-state index is 0.326. The van der Waals surface area contributed by atoms with Crippen LogP contribution >= 0.6 is 0 Å². The highest BCUT2D eigenvalue weighted by Gasteiger charge is 2.18. The van der Waals surface area contributed by atoms with Crippen molar-refractivity contribution in [1.29, 1.82) is 0 Å². The number of carbonyl (C=O) groups is 1. The van der Waals surface area contributed by atoms with Crippen LogP contribution in [0.25, 0.3) is 11.0 Å². The van der Waals surface area contributed by atoms with Crippen LogP contribution in [0.15, 0.2) is 48.5 Å². The number of hydrogen-bond donors (Lipinski definition) is 3. The lowest BCUT2D eigenvalue weighted by Crippen LogP contribution is -2.34. The van der Waals surface area contributed by atoms with Gasteiger partial charge in [0.1, 0.15) is 11.6 Å². The standard InChI is InChI=1S/C17H18N4O2/c1-23-12-8-6-11(7-9-12)10-15(21-17(18)22)16-19-13-4-2-3-5-14(13)20-16/h2-9,15H,10H2,1H3,(H,19,20)(H3,18,21,22)/t15-/m1/s1. The number of rotatable bonds is 5. The minimum atomic E-state index is -0.580. The second kappa shape index (κ2) is 6.39. The number of hydrogen-bond acceptors (Lipinski definition) is 3. The van der Waals surface area contributed by atoms with E-state index in [1.807, 2.05) is 48.5 Å². The molecular weight excluding hydrogens is 292 g/mol. The summed E-state index contributed by atoms with van der Waals surface area (Å²) in [5.41, 5.74) is 8.14. The molecule has 0 saturated heterocycles. The van der Waals surface area contributed by atoms with Gasteiger partial charge in [-0.2, -0.15) is 0 Å². The first-order chi connectivity index (χ1) is 11.2. The van der Waals surface area contributed by atoms with Crippen LogP contribution in [-0.4, -0.2) is 23.1 Å². The quantitative estimate of drug-likeness (QED) is 0.676. The number of nitrogens with two attached hydrogens (primary N) is 1. The lowest BCUT2D eigenvalue weighted by molar-refractivity contribution is 0.244. The molecule has 0 unspecified atom stereocenters. The monoisotopic (exact) mass is 310 g/mol.